The highest BCUT2D eigenvalue weighted by molar-refractivity contribution is 5.66. The summed E-state index contributed by atoms with van der Waals surface area (Å²) in [6.45, 7) is 3.04. The summed E-state index contributed by atoms with van der Waals surface area (Å²) < 4.78 is 13.3. The van der Waals surface area contributed by atoms with E-state index >= 15 is 0 Å². The first kappa shape index (κ1) is 11.9. The van der Waals surface area contributed by atoms with Crippen molar-refractivity contribution in [3.63, 3.8) is 0 Å². The molecule has 1 saturated heterocycles. The molecule has 1 nitrogen and oxygen atoms in total. The van der Waals surface area contributed by atoms with Gasteiger partial charge in [0.2, 0.25) is 0 Å². The van der Waals surface area contributed by atoms with E-state index in [4.69, 9.17) is 0 Å². The second kappa shape index (κ2) is 4.29. The second-order valence-electron chi connectivity index (χ2n) is 5.85. The Balaban J connectivity index is 1.51. The van der Waals surface area contributed by atoms with E-state index in [1.165, 1.54) is 11.1 Å². The largest absolute Gasteiger partial charge is 0.297 e. The van der Waals surface area contributed by atoms with Crippen LogP contribution in [0.3, 0.4) is 0 Å². The van der Waals surface area contributed by atoms with E-state index in [2.05, 4.69) is 41.3 Å². The zero-order valence-corrected chi connectivity index (χ0v) is 11.2. The van der Waals surface area contributed by atoms with Gasteiger partial charge in [-0.05, 0) is 28.8 Å². The van der Waals surface area contributed by atoms with Crippen molar-refractivity contribution >= 4 is 6.08 Å². The minimum Gasteiger partial charge on any atom is -0.297 e. The Labute approximate surface area is 118 Å². The Morgan fingerprint density at radius 3 is 2.65 bits per heavy atom. The number of rotatable bonds is 2. The number of benzene rings is 2. The van der Waals surface area contributed by atoms with Gasteiger partial charge in [-0.3, -0.25) is 4.90 Å². The average molecular weight is 265 g/mol. The number of hydrogen-bond acceptors (Lipinski definition) is 1. The summed E-state index contributed by atoms with van der Waals surface area (Å²) in [5, 5.41) is 0. The summed E-state index contributed by atoms with van der Waals surface area (Å²) in [6.07, 6.45) is 4.32. The molecule has 0 bridgehead atoms. The molecule has 2 aromatic rings. The quantitative estimate of drug-likeness (QED) is 0.802. The van der Waals surface area contributed by atoms with Crippen LogP contribution in [-0.4, -0.2) is 18.0 Å². The van der Waals surface area contributed by atoms with E-state index in [0.29, 0.717) is 0 Å². The van der Waals surface area contributed by atoms with Gasteiger partial charge in [0.05, 0.1) is 0 Å². The molecule has 0 aromatic heterocycles. The first-order valence-corrected chi connectivity index (χ1v) is 7.01. The molecular weight excluding hydrogens is 249 g/mol. The summed E-state index contributed by atoms with van der Waals surface area (Å²) in [6, 6.07) is 15.7. The van der Waals surface area contributed by atoms with Crippen LogP contribution < -0.4 is 0 Å². The first-order valence-electron chi connectivity index (χ1n) is 7.01. The molecule has 2 aliphatic rings. The molecule has 0 saturated carbocycles. The average Bonchev–Trinajstić information content (AvgIpc) is 2.78. The Morgan fingerprint density at radius 1 is 1.05 bits per heavy atom. The normalized spacial score (nSPS) is 19.1. The lowest BCUT2D eigenvalue weighted by Gasteiger charge is -2.48. The fraction of sp³-hybridized carbons (Fsp3) is 0.222. The number of fused-ring (bicyclic) bond motifs is 2. The second-order valence-corrected chi connectivity index (χ2v) is 5.85. The van der Waals surface area contributed by atoms with Gasteiger partial charge in [-0.1, -0.05) is 48.6 Å². The third-order valence-electron chi connectivity index (χ3n) is 4.39. The van der Waals surface area contributed by atoms with E-state index in [9.17, 15) is 4.39 Å². The molecule has 0 radical (unpaired) electrons. The molecule has 2 aromatic carbocycles. The fourth-order valence-electron chi connectivity index (χ4n) is 3.44. The van der Waals surface area contributed by atoms with Gasteiger partial charge in [0.25, 0.3) is 0 Å². The van der Waals surface area contributed by atoms with Crippen molar-refractivity contribution in [1.82, 2.24) is 4.90 Å². The van der Waals surface area contributed by atoms with Crippen molar-refractivity contribution in [2.24, 2.45) is 0 Å². The highest BCUT2D eigenvalue weighted by Gasteiger charge is 2.45. The van der Waals surface area contributed by atoms with Crippen LogP contribution in [0.1, 0.15) is 16.7 Å². The smallest absolute Gasteiger partial charge is 0.123 e. The minimum atomic E-state index is -0.147. The van der Waals surface area contributed by atoms with Crippen LogP contribution in [-0.2, 0) is 12.0 Å². The Kier molecular flexibility index (Phi) is 2.54. The molecule has 1 heterocycles. The van der Waals surface area contributed by atoms with E-state index < -0.39 is 0 Å². The van der Waals surface area contributed by atoms with Crippen LogP contribution in [0.15, 0.2) is 54.6 Å². The van der Waals surface area contributed by atoms with E-state index in [1.807, 2.05) is 12.1 Å². The van der Waals surface area contributed by atoms with Crippen molar-refractivity contribution in [1.29, 1.82) is 0 Å². The SMILES string of the molecule is Fc1ccc2c(c1)C=CC21CN(Cc2ccccc2)C1. The van der Waals surface area contributed by atoms with Gasteiger partial charge in [0.15, 0.2) is 0 Å². The van der Waals surface area contributed by atoms with E-state index in [-0.39, 0.29) is 11.2 Å². The summed E-state index contributed by atoms with van der Waals surface area (Å²) in [5.41, 5.74) is 3.80. The van der Waals surface area contributed by atoms with Crippen LogP contribution in [0.2, 0.25) is 0 Å². The fourth-order valence-corrected chi connectivity index (χ4v) is 3.44. The van der Waals surface area contributed by atoms with E-state index in [1.54, 1.807) is 12.1 Å². The number of halogens is 1. The van der Waals surface area contributed by atoms with Crippen LogP contribution >= 0.6 is 0 Å². The van der Waals surface area contributed by atoms with Crippen molar-refractivity contribution in [2.45, 2.75) is 12.0 Å². The third kappa shape index (κ3) is 1.80. The standard InChI is InChI=1S/C18H16FN/c19-16-6-7-17-15(10-16)8-9-18(17)12-20(13-18)11-14-4-2-1-3-5-14/h1-10H,11-13H2. The number of likely N-dealkylation sites (tertiary alicyclic amines) is 1. The lowest BCUT2D eigenvalue weighted by atomic mass is 9.75. The topological polar surface area (TPSA) is 3.24 Å². The molecular formula is C18H16FN. The van der Waals surface area contributed by atoms with Gasteiger partial charge < -0.3 is 0 Å². The maximum atomic E-state index is 13.3. The zero-order valence-electron chi connectivity index (χ0n) is 11.2. The monoisotopic (exact) mass is 265 g/mol. The van der Waals surface area contributed by atoms with Gasteiger partial charge in [0.1, 0.15) is 5.82 Å². The first-order chi connectivity index (χ1) is 9.75. The van der Waals surface area contributed by atoms with E-state index in [0.717, 1.165) is 25.2 Å². The zero-order chi connectivity index (χ0) is 13.6. The lowest BCUT2D eigenvalue weighted by molar-refractivity contribution is 0.0922. The highest BCUT2D eigenvalue weighted by atomic mass is 19.1. The van der Waals surface area contributed by atoms with Gasteiger partial charge in [-0.2, -0.15) is 0 Å². The lowest BCUT2D eigenvalue weighted by Crippen LogP contribution is -2.56. The Hall–Kier alpha value is -1.93. The van der Waals surface area contributed by atoms with Crippen LogP contribution in [0.25, 0.3) is 6.08 Å². The van der Waals surface area contributed by atoms with Gasteiger partial charge in [-0.25, -0.2) is 4.39 Å². The van der Waals surface area contributed by atoms with Crippen molar-refractivity contribution in [3.8, 4) is 0 Å². The van der Waals surface area contributed by atoms with Crippen molar-refractivity contribution in [3.05, 3.63) is 77.1 Å². The Morgan fingerprint density at radius 2 is 1.85 bits per heavy atom. The summed E-state index contributed by atoms with van der Waals surface area (Å²) in [5.74, 6) is -0.147. The summed E-state index contributed by atoms with van der Waals surface area (Å²) >= 11 is 0. The summed E-state index contributed by atoms with van der Waals surface area (Å²) in [4.78, 5) is 2.44. The maximum absolute atomic E-state index is 13.3. The van der Waals surface area contributed by atoms with Crippen molar-refractivity contribution < 1.29 is 4.39 Å². The molecule has 0 N–H and O–H groups in total. The van der Waals surface area contributed by atoms with Crippen LogP contribution in [0, 0.1) is 5.82 Å². The maximum Gasteiger partial charge on any atom is 0.123 e. The van der Waals surface area contributed by atoms with Gasteiger partial charge >= 0.3 is 0 Å². The number of hydrogen-bond donors (Lipinski definition) is 0. The van der Waals surface area contributed by atoms with Gasteiger partial charge in [0, 0.05) is 25.0 Å². The molecule has 1 spiro atoms. The molecule has 4 rings (SSSR count). The third-order valence-corrected chi connectivity index (χ3v) is 4.39. The highest BCUT2D eigenvalue weighted by Crippen LogP contribution is 2.43. The molecule has 1 fully saturated rings. The summed E-state index contributed by atoms with van der Waals surface area (Å²) in [7, 11) is 0. The molecule has 1 aliphatic carbocycles. The van der Waals surface area contributed by atoms with Crippen LogP contribution in [0.4, 0.5) is 4.39 Å². The Bertz CT molecular complexity index is 669. The molecule has 0 unspecified atom stereocenters. The predicted molar refractivity (Wildman–Crippen MR) is 78.8 cm³/mol. The van der Waals surface area contributed by atoms with Gasteiger partial charge in [-0.15, -0.1) is 0 Å². The predicted octanol–water partition coefficient (Wildman–Crippen LogP) is 3.61. The molecule has 2 heteroatoms. The van der Waals surface area contributed by atoms with Crippen molar-refractivity contribution in [2.75, 3.05) is 13.1 Å². The molecule has 1 aliphatic heterocycles. The molecule has 0 amide bonds. The molecule has 100 valence electrons. The molecule has 0 atom stereocenters. The van der Waals surface area contributed by atoms with Crippen LogP contribution in [0.5, 0.6) is 0 Å². The minimum absolute atomic E-state index is 0.123. The molecule has 20 heavy (non-hydrogen) atoms. The number of nitrogens with zero attached hydrogens (tertiary/aromatic N) is 1.